The van der Waals surface area contributed by atoms with E-state index in [4.69, 9.17) is 5.10 Å². The van der Waals surface area contributed by atoms with Crippen molar-refractivity contribution in [1.82, 2.24) is 14.8 Å². The Bertz CT molecular complexity index is 1630. The standard InChI is InChI=1S/C32H28F2N4O/c1-19-28-12-11-27-29(21-3-7-24(34)8-4-21)37-38(31(27)32(28,2)16-23(18-35)30(19)39)26-9-5-20(6-10-26)22-13-14-36-25(15-22)17-33/h3-10,13-15,19,28,39H,11-12,16-17H2,1-2H3/t19-,28-,32-/m1/s1. The molecular weight excluding hydrogens is 494 g/mol. The van der Waals surface area contributed by atoms with Crippen LogP contribution in [0.3, 0.4) is 0 Å². The molecule has 2 aliphatic rings. The van der Waals surface area contributed by atoms with E-state index in [1.807, 2.05) is 41.9 Å². The van der Waals surface area contributed by atoms with Gasteiger partial charge in [-0.25, -0.2) is 13.5 Å². The summed E-state index contributed by atoms with van der Waals surface area (Å²) in [4.78, 5) is 4.05. The SMILES string of the molecule is C[C@H]1C(O)=C(C#N)C[C@@]2(C)c3c(c(-c4ccc(F)cc4)nn3-c3ccc(-c4ccnc(CF)c4)cc3)CC[C@H]12. The molecular formula is C32H28F2N4O. The van der Waals surface area contributed by atoms with Gasteiger partial charge in [0, 0.05) is 28.7 Å². The molecule has 2 heterocycles. The van der Waals surface area contributed by atoms with Crippen LogP contribution in [-0.4, -0.2) is 19.9 Å². The number of nitriles is 1. The maximum Gasteiger partial charge on any atom is 0.131 e. The summed E-state index contributed by atoms with van der Waals surface area (Å²) in [7, 11) is 0. The molecule has 39 heavy (non-hydrogen) atoms. The van der Waals surface area contributed by atoms with E-state index in [9.17, 15) is 19.1 Å². The molecule has 7 heteroatoms. The normalized spacial score (nSPS) is 22.2. The number of alkyl halides is 1. The fourth-order valence-electron chi connectivity index (χ4n) is 6.66. The lowest BCUT2D eigenvalue weighted by atomic mass is 9.56. The van der Waals surface area contributed by atoms with Gasteiger partial charge in [0.15, 0.2) is 0 Å². The number of benzene rings is 2. The summed E-state index contributed by atoms with van der Waals surface area (Å²) in [5.74, 6) is -0.124. The van der Waals surface area contributed by atoms with E-state index in [1.54, 1.807) is 24.4 Å². The molecule has 0 aliphatic heterocycles. The van der Waals surface area contributed by atoms with Gasteiger partial charge in [-0.3, -0.25) is 4.98 Å². The first kappa shape index (κ1) is 25.0. The summed E-state index contributed by atoms with van der Waals surface area (Å²) in [5, 5.41) is 25.7. The smallest absolute Gasteiger partial charge is 0.131 e. The Morgan fingerprint density at radius 2 is 1.79 bits per heavy atom. The van der Waals surface area contributed by atoms with Gasteiger partial charge in [-0.15, -0.1) is 0 Å². The molecule has 2 aliphatic carbocycles. The van der Waals surface area contributed by atoms with Gasteiger partial charge in [-0.2, -0.15) is 10.4 Å². The van der Waals surface area contributed by atoms with Crippen molar-refractivity contribution in [2.75, 3.05) is 0 Å². The van der Waals surface area contributed by atoms with Crippen LogP contribution < -0.4 is 0 Å². The molecule has 0 spiro atoms. The first-order valence-corrected chi connectivity index (χ1v) is 13.2. The van der Waals surface area contributed by atoms with E-state index in [1.165, 1.54) is 12.1 Å². The van der Waals surface area contributed by atoms with E-state index >= 15 is 0 Å². The largest absolute Gasteiger partial charge is 0.511 e. The lowest BCUT2D eigenvalue weighted by Gasteiger charge is -2.47. The molecule has 0 unspecified atom stereocenters. The van der Waals surface area contributed by atoms with Crippen LogP contribution in [0.2, 0.25) is 0 Å². The van der Waals surface area contributed by atoms with Crippen LogP contribution in [0.1, 0.15) is 43.6 Å². The van der Waals surface area contributed by atoms with Crippen molar-refractivity contribution in [1.29, 1.82) is 5.26 Å². The van der Waals surface area contributed by atoms with Gasteiger partial charge in [0.1, 0.15) is 18.3 Å². The quantitative estimate of drug-likeness (QED) is 0.303. The first-order valence-electron chi connectivity index (χ1n) is 13.2. The van der Waals surface area contributed by atoms with Crippen LogP contribution in [-0.2, 0) is 18.5 Å². The number of aliphatic hydroxyl groups excluding tert-OH is 1. The van der Waals surface area contributed by atoms with Crippen molar-refractivity contribution in [3.05, 3.63) is 101 Å². The monoisotopic (exact) mass is 522 g/mol. The number of halogens is 2. The maximum absolute atomic E-state index is 13.8. The Labute approximate surface area is 226 Å². The zero-order chi connectivity index (χ0) is 27.3. The summed E-state index contributed by atoms with van der Waals surface area (Å²) in [6.45, 7) is 3.55. The van der Waals surface area contributed by atoms with Crippen molar-refractivity contribution >= 4 is 0 Å². The highest BCUT2D eigenvalue weighted by Crippen LogP contribution is 2.55. The Kier molecular flexibility index (Phi) is 6.06. The Morgan fingerprint density at radius 3 is 2.49 bits per heavy atom. The molecule has 0 bridgehead atoms. The summed E-state index contributed by atoms with van der Waals surface area (Å²) >= 11 is 0. The fourth-order valence-corrected chi connectivity index (χ4v) is 6.66. The summed E-state index contributed by atoms with van der Waals surface area (Å²) in [5.41, 5.74) is 6.81. The lowest BCUT2D eigenvalue weighted by molar-refractivity contribution is 0.134. The van der Waals surface area contributed by atoms with Crippen LogP contribution in [0.4, 0.5) is 8.78 Å². The van der Waals surface area contributed by atoms with Gasteiger partial charge < -0.3 is 5.11 Å². The molecule has 5 nitrogen and oxygen atoms in total. The molecule has 4 aromatic rings. The van der Waals surface area contributed by atoms with E-state index < -0.39 is 12.1 Å². The molecule has 0 fully saturated rings. The molecule has 0 radical (unpaired) electrons. The minimum absolute atomic E-state index is 0.133. The fraction of sp³-hybridized carbons (Fsp3) is 0.281. The molecule has 2 aromatic heterocycles. The van der Waals surface area contributed by atoms with Crippen molar-refractivity contribution in [2.24, 2.45) is 11.8 Å². The third kappa shape index (κ3) is 4.02. The average Bonchev–Trinajstić information content (AvgIpc) is 3.36. The topological polar surface area (TPSA) is 74.7 Å². The molecule has 2 aromatic carbocycles. The number of hydrogen-bond donors (Lipinski definition) is 1. The zero-order valence-corrected chi connectivity index (χ0v) is 21.8. The Morgan fingerprint density at radius 1 is 1.08 bits per heavy atom. The predicted octanol–water partition coefficient (Wildman–Crippen LogP) is 7.41. The number of allylic oxidation sites excluding steroid dienone is 2. The van der Waals surface area contributed by atoms with Crippen LogP contribution >= 0.6 is 0 Å². The van der Waals surface area contributed by atoms with Gasteiger partial charge in [-0.05, 0) is 84.8 Å². The number of rotatable bonds is 4. The third-order valence-electron chi connectivity index (χ3n) is 8.59. The molecule has 196 valence electrons. The summed E-state index contributed by atoms with van der Waals surface area (Å²) < 4.78 is 28.9. The lowest BCUT2D eigenvalue weighted by Crippen LogP contribution is -2.45. The summed E-state index contributed by atoms with van der Waals surface area (Å²) in [6.07, 6.45) is 3.65. The van der Waals surface area contributed by atoms with Crippen LogP contribution in [0.5, 0.6) is 0 Å². The van der Waals surface area contributed by atoms with Crippen LogP contribution in [0.15, 0.2) is 78.2 Å². The number of hydrogen-bond acceptors (Lipinski definition) is 4. The molecule has 0 amide bonds. The van der Waals surface area contributed by atoms with E-state index in [0.29, 0.717) is 17.7 Å². The van der Waals surface area contributed by atoms with Crippen molar-refractivity contribution in [3.63, 3.8) is 0 Å². The van der Waals surface area contributed by atoms with Gasteiger partial charge in [-0.1, -0.05) is 26.0 Å². The Hall–Kier alpha value is -4.31. The van der Waals surface area contributed by atoms with Crippen LogP contribution in [0, 0.1) is 29.0 Å². The summed E-state index contributed by atoms with van der Waals surface area (Å²) in [6, 6.07) is 20.2. The zero-order valence-electron chi connectivity index (χ0n) is 21.8. The van der Waals surface area contributed by atoms with E-state index in [0.717, 1.165) is 52.2 Å². The van der Waals surface area contributed by atoms with Gasteiger partial charge in [0.05, 0.1) is 34.4 Å². The van der Waals surface area contributed by atoms with Gasteiger partial charge >= 0.3 is 0 Å². The second kappa shape index (κ2) is 9.46. The number of fused-ring (bicyclic) bond motifs is 3. The molecule has 0 saturated carbocycles. The second-order valence-corrected chi connectivity index (χ2v) is 10.8. The van der Waals surface area contributed by atoms with Crippen molar-refractivity contribution < 1.29 is 13.9 Å². The minimum atomic E-state index is -0.621. The second-order valence-electron chi connectivity index (χ2n) is 10.8. The van der Waals surface area contributed by atoms with Crippen molar-refractivity contribution in [3.8, 4) is 34.1 Å². The van der Waals surface area contributed by atoms with Gasteiger partial charge in [0.25, 0.3) is 0 Å². The number of aromatic nitrogens is 3. The highest BCUT2D eigenvalue weighted by Gasteiger charge is 2.51. The predicted molar refractivity (Wildman–Crippen MR) is 145 cm³/mol. The molecule has 3 atom stereocenters. The van der Waals surface area contributed by atoms with E-state index in [-0.39, 0.29) is 23.4 Å². The third-order valence-corrected chi connectivity index (χ3v) is 8.59. The highest BCUT2D eigenvalue weighted by atomic mass is 19.1. The van der Waals surface area contributed by atoms with Crippen molar-refractivity contribution in [2.45, 2.75) is 45.2 Å². The maximum atomic E-state index is 13.8. The molecule has 1 N–H and O–H groups in total. The first-order chi connectivity index (χ1) is 18.8. The minimum Gasteiger partial charge on any atom is -0.511 e. The Balaban J connectivity index is 1.52. The van der Waals surface area contributed by atoms with Crippen LogP contribution in [0.25, 0.3) is 28.1 Å². The molecule has 6 rings (SSSR count). The number of pyridine rings is 1. The average molecular weight is 523 g/mol. The van der Waals surface area contributed by atoms with E-state index in [2.05, 4.69) is 18.0 Å². The number of aliphatic hydroxyl groups is 1. The number of nitrogens with zero attached hydrogens (tertiary/aromatic N) is 4. The molecule has 0 saturated heterocycles. The highest BCUT2D eigenvalue weighted by molar-refractivity contribution is 5.68. The van der Waals surface area contributed by atoms with Gasteiger partial charge in [0.2, 0.25) is 0 Å².